The Hall–Kier alpha value is -2.33. The molecule has 25 heavy (non-hydrogen) atoms. The molecule has 12 heteroatoms. The Morgan fingerprint density at radius 2 is 1.80 bits per heavy atom. The maximum Gasteiger partial charge on any atom is 0.431 e. The van der Waals surface area contributed by atoms with Gasteiger partial charge in [0, 0.05) is 18.1 Å². The molecule has 0 aliphatic heterocycles. The molecule has 0 saturated carbocycles. The third kappa shape index (κ3) is 3.69. The van der Waals surface area contributed by atoms with E-state index < -0.39 is 40.3 Å². The summed E-state index contributed by atoms with van der Waals surface area (Å²) in [7, 11) is 0.834. The Morgan fingerprint density at radius 3 is 2.32 bits per heavy atom. The monoisotopic (exact) mass is 397 g/mol. The van der Waals surface area contributed by atoms with Gasteiger partial charge in [-0.25, -0.2) is 4.79 Å². The minimum atomic E-state index is -4.91. The third-order valence-electron chi connectivity index (χ3n) is 3.31. The molecular formula is C13H8Cl2F3N3O4. The van der Waals surface area contributed by atoms with Gasteiger partial charge in [-0.1, -0.05) is 23.2 Å². The predicted molar refractivity (Wildman–Crippen MR) is 83.2 cm³/mol. The van der Waals surface area contributed by atoms with Crippen molar-refractivity contribution in [3.8, 4) is 0 Å². The van der Waals surface area contributed by atoms with E-state index in [1.807, 2.05) is 0 Å². The van der Waals surface area contributed by atoms with Crippen LogP contribution >= 0.6 is 23.2 Å². The van der Waals surface area contributed by atoms with Gasteiger partial charge in [0.25, 0.3) is 11.2 Å². The minimum absolute atomic E-state index is 0.00221. The van der Waals surface area contributed by atoms with Crippen molar-refractivity contribution in [3.63, 3.8) is 0 Å². The number of hydrogen-bond acceptors (Lipinski definition) is 4. The number of nitro groups is 1. The molecule has 0 aliphatic carbocycles. The van der Waals surface area contributed by atoms with Gasteiger partial charge in [0.15, 0.2) is 0 Å². The van der Waals surface area contributed by atoms with Crippen LogP contribution in [0.25, 0.3) is 0 Å². The van der Waals surface area contributed by atoms with Crippen molar-refractivity contribution in [1.29, 1.82) is 0 Å². The Morgan fingerprint density at radius 1 is 1.20 bits per heavy atom. The zero-order chi connectivity index (χ0) is 19.1. The minimum Gasteiger partial charge on any atom is -0.292 e. The first kappa shape index (κ1) is 19.0. The summed E-state index contributed by atoms with van der Waals surface area (Å²) in [5.74, 6) is 0. The van der Waals surface area contributed by atoms with E-state index in [1.165, 1.54) is 0 Å². The lowest BCUT2D eigenvalue weighted by Gasteiger charge is -2.14. The molecule has 134 valence electrons. The molecule has 0 radical (unpaired) electrons. The highest BCUT2D eigenvalue weighted by Gasteiger charge is 2.35. The van der Waals surface area contributed by atoms with Crippen LogP contribution in [0.15, 0.2) is 27.8 Å². The number of rotatable bonds is 3. The number of hydrogen-bond donors (Lipinski definition) is 0. The second-order valence-electron chi connectivity index (χ2n) is 4.95. The maximum atomic E-state index is 12.8. The van der Waals surface area contributed by atoms with Crippen LogP contribution in [0.3, 0.4) is 0 Å². The van der Waals surface area contributed by atoms with Gasteiger partial charge in [-0.2, -0.15) is 13.2 Å². The molecule has 0 bridgehead atoms. The summed E-state index contributed by atoms with van der Waals surface area (Å²) in [6.07, 6.45) is -4.91. The van der Waals surface area contributed by atoms with Crippen LogP contribution in [-0.4, -0.2) is 14.1 Å². The Kier molecular flexibility index (Phi) is 4.96. The average Bonchev–Trinajstić information content (AvgIpc) is 2.44. The molecule has 0 aliphatic rings. The summed E-state index contributed by atoms with van der Waals surface area (Å²) in [5, 5.41) is 10.8. The van der Waals surface area contributed by atoms with Crippen LogP contribution in [0.2, 0.25) is 10.0 Å². The zero-order valence-electron chi connectivity index (χ0n) is 12.3. The topological polar surface area (TPSA) is 87.1 Å². The average molecular weight is 398 g/mol. The van der Waals surface area contributed by atoms with Crippen molar-refractivity contribution in [2.24, 2.45) is 7.05 Å². The van der Waals surface area contributed by atoms with E-state index in [0.717, 1.165) is 19.2 Å². The Bertz CT molecular complexity index is 982. The molecule has 0 N–H and O–H groups in total. The Labute approximate surface area is 147 Å². The second-order valence-corrected chi connectivity index (χ2v) is 5.79. The molecule has 0 unspecified atom stereocenters. The SMILES string of the molecule is Cn1c(C(F)(F)F)cc(=O)n(Cc2cc(Cl)cc(Cl)c2[N+](=O)[O-])c1=O. The van der Waals surface area contributed by atoms with Crippen LogP contribution in [0, 0.1) is 10.1 Å². The summed E-state index contributed by atoms with van der Waals surface area (Å²) < 4.78 is 39.1. The first-order valence-corrected chi connectivity index (χ1v) is 7.19. The van der Waals surface area contributed by atoms with E-state index in [0.29, 0.717) is 4.57 Å². The largest absolute Gasteiger partial charge is 0.431 e. The molecular weight excluding hydrogens is 390 g/mol. The molecule has 0 amide bonds. The van der Waals surface area contributed by atoms with Gasteiger partial charge in [0.05, 0.1) is 17.0 Å². The number of benzene rings is 1. The second kappa shape index (κ2) is 6.52. The predicted octanol–water partition coefficient (Wildman–Crippen LogP) is 2.83. The summed E-state index contributed by atoms with van der Waals surface area (Å²) in [5.41, 5.74) is -4.77. The van der Waals surface area contributed by atoms with E-state index in [-0.39, 0.29) is 26.2 Å². The fourth-order valence-electron chi connectivity index (χ4n) is 2.20. The van der Waals surface area contributed by atoms with Gasteiger partial charge in [0.2, 0.25) is 0 Å². The molecule has 0 spiro atoms. The smallest absolute Gasteiger partial charge is 0.292 e. The normalized spacial score (nSPS) is 11.6. The summed E-state index contributed by atoms with van der Waals surface area (Å²) >= 11 is 11.5. The van der Waals surface area contributed by atoms with E-state index in [2.05, 4.69) is 0 Å². The van der Waals surface area contributed by atoms with Crippen molar-refractivity contribution in [3.05, 3.63) is 70.5 Å². The van der Waals surface area contributed by atoms with Crippen molar-refractivity contribution in [2.45, 2.75) is 12.7 Å². The van der Waals surface area contributed by atoms with Crippen molar-refractivity contribution < 1.29 is 18.1 Å². The molecule has 2 aromatic rings. The fraction of sp³-hybridized carbons (Fsp3) is 0.231. The highest BCUT2D eigenvalue weighted by Crippen LogP contribution is 2.32. The van der Waals surface area contributed by atoms with Gasteiger partial charge >= 0.3 is 11.9 Å². The van der Waals surface area contributed by atoms with Crippen molar-refractivity contribution >= 4 is 28.9 Å². The van der Waals surface area contributed by atoms with Crippen molar-refractivity contribution in [1.82, 2.24) is 9.13 Å². The maximum absolute atomic E-state index is 12.8. The first-order valence-electron chi connectivity index (χ1n) is 6.44. The van der Waals surface area contributed by atoms with Crippen LogP contribution in [-0.2, 0) is 19.8 Å². The lowest BCUT2D eigenvalue weighted by atomic mass is 10.1. The summed E-state index contributed by atoms with van der Waals surface area (Å²) in [4.78, 5) is 34.3. The lowest BCUT2D eigenvalue weighted by Crippen LogP contribution is -2.42. The standard InChI is InChI=1S/C13H8Cl2F3N3O4/c1-19-9(13(16,17)18)4-10(22)20(12(19)23)5-6-2-7(14)3-8(15)11(6)21(24)25/h2-4H,5H2,1H3. The molecule has 1 heterocycles. The summed E-state index contributed by atoms with van der Waals surface area (Å²) in [6.45, 7) is -0.666. The zero-order valence-corrected chi connectivity index (χ0v) is 13.8. The highest BCUT2D eigenvalue weighted by atomic mass is 35.5. The number of aromatic nitrogens is 2. The molecule has 0 atom stereocenters. The van der Waals surface area contributed by atoms with Crippen molar-refractivity contribution in [2.75, 3.05) is 0 Å². The van der Waals surface area contributed by atoms with E-state index in [4.69, 9.17) is 23.2 Å². The number of nitro benzene ring substituents is 1. The fourth-order valence-corrected chi connectivity index (χ4v) is 2.81. The number of nitrogens with zero attached hydrogens (tertiary/aromatic N) is 3. The van der Waals surface area contributed by atoms with Crippen LogP contribution in [0.4, 0.5) is 18.9 Å². The van der Waals surface area contributed by atoms with E-state index >= 15 is 0 Å². The molecule has 2 rings (SSSR count). The quantitative estimate of drug-likeness (QED) is 0.588. The number of halogens is 5. The first-order chi connectivity index (χ1) is 11.4. The van der Waals surface area contributed by atoms with Crippen LogP contribution in [0.1, 0.15) is 11.3 Å². The molecule has 0 fully saturated rings. The Balaban J connectivity index is 2.68. The van der Waals surface area contributed by atoms with Crippen LogP contribution in [0.5, 0.6) is 0 Å². The molecule has 7 nitrogen and oxygen atoms in total. The molecule has 1 aromatic heterocycles. The van der Waals surface area contributed by atoms with E-state index in [1.54, 1.807) is 0 Å². The molecule has 0 saturated heterocycles. The van der Waals surface area contributed by atoms with Gasteiger partial charge in [-0.15, -0.1) is 0 Å². The third-order valence-corrected chi connectivity index (χ3v) is 3.82. The van der Waals surface area contributed by atoms with Gasteiger partial charge in [0.1, 0.15) is 10.7 Å². The number of alkyl halides is 3. The van der Waals surface area contributed by atoms with Gasteiger partial charge < -0.3 is 0 Å². The molecule has 1 aromatic carbocycles. The van der Waals surface area contributed by atoms with Crippen LogP contribution < -0.4 is 11.2 Å². The van der Waals surface area contributed by atoms with Gasteiger partial charge in [-0.3, -0.25) is 24.0 Å². The van der Waals surface area contributed by atoms with Gasteiger partial charge in [-0.05, 0) is 12.1 Å². The van der Waals surface area contributed by atoms with E-state index in [9.17, 15) is 32.9 Å². The highest BCUT2D eigenvalue weighted by molar-refractivity contribution is 6.36. The summed E-state index contributed by atoms with van der Waals surface area (Å²) in [6, 6.07) is 2.44. The lowest BCUT2D eigenvalue weighted by molar-refractivity contribution is -0.385.